The highest BCUT2D eigenvalue weighted by atomic mass is 19.2. The second kappa shape index (κ2) is 5.83. The Balaban J connectivity index is 2.30. The lowest BCUT2D eigenvalue weighted by molar-refractivity contribution is 0.0531. The van der Waals surface area contributed by atoms with Crippen LogP contribution < -0.4 is 5.73 Å². The third kappa shape index (κ3) is 2.65. The number of rotatable bonds is 2. The Labute approximate surface area is 115 Å². The molecule has 1 saturated heterocycles. The van der Waals surface area contributed by atoms with Crippen molar-refractivity contribution < 1.29 is 18.0 Å². The number of hydrogen-bond donors (Lipinski definition) is 1. The van der Waals surface area contributed by atoms with Gasteiger partial charge in [-0.3, -0.25) is 4.79 Å². The van der Waals surface area contributed by atoms with Gasteiger partial charge in [0.25, 0.3) is 5.91 Å². The van der Waals surface area contributed by atoms with Crippen LogP contribution in [0.5, 0.6) is 0 Å². The molecule has 20 heavy (non-hydrogen) atoms. The smallest absolute Gasteiger partial charge is 0.254 e. The van der Waals surface area contributed by atoms with Crippen LogP contribution >= 0.6 is 0 Å². The predicted molar refractivity (Wildman–Crippen MR) is 68.6 cm³/mol. The largest absolute Gasteiger partial charge is 0.334 e. The van der Waals surface area contributed by atoms with E-state index in [1.807, 2.05) is 6.92 Å². The molecule has 2 rings (SSSR count). The van der Waals surface area contributed by atoms with Gasteiger partial charge in [0.05, 0.1) is 0 Å². The molecule has 1 aliphatic rings. The van der Waals surface area contributed by atoms with Crippen LogP contribution in [0.25, 0.3) is 0 Å². The normalized spacial score (nSPS) is 22.9. The monoisotopic (exact) mass is 286 g/mol. The number of piperidine rings is 1. The average Bonchev–Trinajstić information content (AvgIpc) is 2.43. The Morgan fingerprint density at radius 1 is 1.35 bits per heavy atom. The zero-order valence-electron chi connectivity index (χ0n) is 11.2. The van der Waals surface area contributed by atoms with Gasteiger partial charge in [-0.1, -0.05) is 6.92 Å². The molecular weight excluding hydrogens is 269 g/mol. The Bertz CT molecular complexity index is 498. The zero-order chi connectivity index (χ0) is 14.9. The predicted octanol–water partition coefficient (Wildman–Crippen LogP) is 2.30. The van der Waals surface area contributed by atoms with E-state index in [2.05, 4.69) is 0 Å². The fourth-order valence-corrected chi connectivity index (χ4v) is 2.71. The quantitative estimate of drug-likeness (QED) is 0.848. The molecule has 0 spiro atoms. The molecule has 6 heteroatoms. The standard InChI is InChI=1S/C14H17F3N2O/c1-8-3-2-4-19(12(8)7-18)14(20)9-5-10(15)13(17)11(16)6-9/h5-6,8,12H,2-4,7,18H2,1H3/t8-,12+/m0/s1. The average molecular weight is 286 g/mol. The van der Waals surface area contributed by atoms with Crippen molar-refractivity contribution in [2.24, 2.45) is 11.7 Å². The van der Waals surface area contributed by atoms with Crippen LogP contribution in [0, 0.1) is 23.4 Å². The van der Waals surface area contributed by atoms with Crippen molar-refractivity contribution in [3.05, 3.63) is 35.1 Å². The molecule has 2 atom stereocenters. The lowest BCUT2D eigenvalue weighted by atomic mass is 9.90. The number of carbonyl (C=O) groups excluding carboxylic acids is 1. The minimum atomic E-state index is -1.57. The molecule has 1 heterocycles. The fraction of sp³-hybridized carbons (Fsp3) is 0.500. The van der Waals surface area contributed by atoms with Gasteiger partial charge in [0.15, 0.2) is 17.5 Å². The Hall–Kier alpha value is -1.56. The molecule has 2 N–H and O–H groups in total. The highest BCUT2D eigenvalue weighted by Gasteiger charge is 2.32. The molecule has 0 radical (unpaired) electrons. The van der Waals surface area contributed by atoms with Crippen LogP contribution in [0.4, 0.5) is 13.2 Å². The van der Waals surface area contributed by atoms with Crippen molar-refractivity contribution in [1.29, 1.82) is 0 Å². The summed E-state index contributed by atoms with van der Waals surface area (Å²) >= 11 is 0. The van der Waals surface area contributed by atoms with Gasteiger partial charge in [-0.2, -0.15) is 0 Å². The second-order valence-electron chi connectivity index (χ2n) is 5.17. The summed E-state index contributed by atoms with van der Waals surface area (Å²) < 4.78 is 39.4. The van der Waals surface area contributed by atoms with E-state index >= 15 is 0 Å². The first kappa shape index (κ1) is 14.8. The molecule has 1 amide bonds. The molecule has 1 fully saturated rings. The molecule has 0 aliphatic carbocycles. The molecule has 1 aromatic carbocycles. The molecule has 0 bridgehead atoms. The highest BCUT2D eigenvalue weighted by molar-refractivity contribution is 5.94. The van der Waals surface area contributed by atoms with Crippen LogP contribution in [-0.2, 0) is 0 Å². The Morgan fingerprint density at radius 2 is 1.95 bits per heavy atom. The van der Waals surface area contributed by atoms with E-state index in [1.165, 1.54) is 4.90 Å². The minimum absolute atomic E-state index is 0.160. The van der Waals surface area contributed by atoms with Crippen molar-refractivity contribution in [3.8, 4) is 0 Å². The van der Waals surface area contributed by atoms with Crippen LogP contribution in [0.2, 0.25) is 0 Å². The first-order valence-corrected chi connectivity index (χ1v) is 6.61. The lowest BCUT2D eigenvalue weighted by Crippen LogP contribution is -2.51. The summed E-state index contributed by atoms with van der Waals surface area (Å²) in [5, 5.41) is 0. The third-order valence-electron chi connectivity index (χ3n) is 3.85. The van der Waals surface area contributed by atoms with Gasteiger partial charge in [-0.15, -0.1) is 0 Å². The molecule has 3 nitrogen and oxygen atoms in total. The summed E-state index contributed by atoms with van der Waals surface area (Å²) in [5.41, 5.74) is 5.50. The first-order valence-electron chi connectivity index (χ1n) is 6.61. The Kier molecular flexibility index (Phi) is 4.32. The maximum absolute atomic E-state index is 13.2. The van der Waals surface area contributed by atoms with Gasteiger partial charge in [0, 0.05) is 24.7 Å². The number of halogens is 3. The zero-order valence-corrected chi connectivity index (χ0v) is 11.2. The van der Waals surface area contributed by atoms with Crippen molar-refractivity contribution in [2.75, 3.05) is 13.1 Å². The van der Waals surface area contributed by atoms with Gasteiger partial charge in [-0.05, 0) is 30.9 Å². The third-order valence-corrected chi connectivity index (χ3v) is 3.85. The lowest BCUT2D eigenvalue weighted by Gasteiger charge is -2.39. The van der Waals surface area contributed by atoms with Crippen LogP contribution in [0.1, 0.15) is 30.1 Å². The van der Waals surface area contributed by atoms with E-state index in [-0.39, 0.29) is 17.5 Å². The summed E-state index contributed by atoms with van der Waals surface area (Å²) in [6.45, 7) is 2.77. The van der Waals surface area contributed by atoms with Gasteiger partial charge in [0.2, 0.25) is 0 Å². The summed E-state index contributed by atoms with van der Waals surface area (Å²) in [6, 6.07) is 1.30. The number of carbonyl (C=O) groups is 1. The fourth-order valence-electron chi connectivity index (χ4n) is 2.71. The second-order valence-corrected chi connectivity index (χ2v) is 5.17. The van der Waals surface area contributed by atoms with Crippen molar-refractivity contribution in [3.63, 3.8) is 0 Å². The Morgan fingerprint density at radius 3 is 2.50 bits per heavy atom. The number of amides is 1. The van der Waals surface area contributed by atoms with Gasteiger partial charge in [-0.25, -0.2) is 13.2 Å². The number of hydrogen-bond acceptors (Lipinski definition) is 2. The van der Waals surface area contributed by atoms with Gasteiger partial charge < -0.3 is 10.6 Å². The van der Waals surface area contributed by atoms with E-state index < -0.39 is 23.4 Å². The van der Waals surface area contributed by atoms with Gasteiger partial charge in [0.1, 0.15) is 0 Å². The van der Waals surface area contributed by atoms with Crippen molar-refractivity contribution in [1.82, 2.24) is 4.90 Å². The highest BCUT2D eigenvalue weighted by Crippen LogP contribution is 2.25. The maximum Gasteiger partial charge on any atom is 0.254 e. The van der Waals surface area contributed by atoms with E-state index in [1.54, 1.807) is 0 Å². The number of benzene rings is 1. The van der Waals surface area contributed by atoms with Gasteiger partial charge >= 0.3 is 0 Å². The topological polar surface area (TPSA) is 46.3 Å². The summed E-state index contributed by atoms with van der Waals surface area (Å²) in [4.78, 5) is 13.9. The van der Waals surface area contributed by atoms with Crippen LogP contribution in [0.15, 0.2) is 12.1 Å². The molecular formula is C14H17F3N2O. The maximum atomic E-state index is 13.2. The molecule has 1 aromatic rings. The summed E-state index contributed by atoms with van der Waals surface area (Å²) in [6.07, 6.45) is 1.77. The number of likely N-dealkylation sites (tertiary alicyclic amines) is 1. The minimum Gasteiger partial charge on any atom is -0.334 e. The van der Waals surface area contributed by atoms with Crippen molar-refractivity contribution in [2.45, 2.75) is 25.8 Å². The van der Waals surface area contributed by atoms with E-state index in [9.17, 15) is 18.0 Å². The summed E-state index contributed by atoms with van der Waals surface area (Å²) in [7, 11) is 0. The van der Waals surface area contributed by atoms with E-state index in [4.69, 9.17) is 5.73 Å². The van der Waals surface area contributed by atoms with E-state index in [0.29, 0.717) is 13.1 Å². The summed E-state index contributed by atoms with van der Waals surface area (Å²) in [5.74, 6) is -4.56. The molecule has 110 valence electrons. The first-order chi connectivity index (χ1) is 9.45. The van der Waals surface area contributed by atoms with Crippen molar-refractivity contribution >= 4 is 5.91 Å². The molecule has 0 saturated carbocycles. The van der Waals surface area contributed by atoms with Crippen LogP contribution in [0.3, 0.4) is 0 Å². The number of nitrogens with zero attached hydrogens (tertiary/aromatic N) is 1. The SMILES string of the molecule is C[C@H]1CCCN(C(=O)c2cc(F)c(F)c(F)c2)[C@@H]1CN. The molecule has 0 unspecified atom stereocenters. The number of nitrogens with two attached hydrogens (primary N) is 1. The van der Waals surface area contributed by atoms with Crippen LogP contribution in [-0.4, -0.2) is 29.9 Å². The molecule has 0 aromatic heterocycles. The van der Waals surface area contributed by atoms with E-state index in [0.717, 1.165) is 25.0 Å². The molecule has 1 aliphatic heterocycles.